The van der Waals surface area contributed by atoms with E-state index in [1.807, 2.05) is 18.2 Å². The van der Waals surface area contributed by atoms with Crippen molar-refractivity contribution in [3.05, 3.63) is 45.8 Å². The number of amides is 1. The molecule has 6 heteroatoms. The van der Waals surface area contributed by atoms with E-state index in [1.165, 1.54) is 11.0 Å². The predicted molar refractivity (Wildman–Crippen MR) is 114 cm³/mol. The molecule has 0 saturated carbocycles. The van der Waals surface area contributed by atoms with Crippen LogP contribution in [0.15, 0.2) is 24.3 Å². The molecule has 2 aromatic rings. The molecule has 1 atom stereocenters. The van der Waals surface area contributed by atoms with Gasteiger partial charge in [0, 0.05) is 11.0 Å². The average molecular weight is 409 g/mol. The maximum Gasteiger partial charge on any atom is 0.249 e. The number of fused-ring (bicyclic) bond motifs is 2. The van der Waals surface area contributed by atoms with Crippen LogP contribution in [0, 0.1) is 22.7 Å². The summed E-state index contributed by atoms with van der Waals surface area (Å²) in [6.07, 6.45) is 6.17. The molecule has 0 spiro atoms. The highest BCUT2D eigenvalue weighted by molar-refractivity contribution is 7.16. The Morgan fingerprint density at radius 3 is 2.86 bits per heavy atom. The van der Waals surface area contributed by atoms with Crippen LogP contribution in [0.4, 0.5) is 5.00 Å². The van der Waals surface area contributed by atoms with Gasteiger partial charge in [0.2, 0.25) is 12.7 Å². The highest BCUT2D eigenvalue weighted by Crippen LogP contribution is 2.44. The Bertz CT molecular complexity index is 1020. The van der Waals surface area contributed by atoms with Crippen molar-refractivity contribution < 1.29 is 14.3 Å². The van der Waals surface area contributed by atoms with E-state index in [4.69, 9.17) is 9.47 Å². The molecule has 1 amide bonds. The predicted octanol–water partition coefficient (Wildman–Crippen LogP) is 5.15. The maximum absolute atomic E-state index is 12.5. The van der Waals surface area contributed by atoms with Crippen molar-refractivity contribution in [3.63, 3.8) is 0 Å². The Kier molecular flexibility index (Phi) is 5.10. The van der Waals surface area contributed by atoms with Crippen molar-refractivity contribution in [2.75, 3.05) is 12.1 Å². The molecule has 1 N–H and O–H groups in total. The summed E-state index contributed by atoms with van der Waals surface area (Å²) in [7, 11) is 0. The van der Waals surface area contributed by atoms with Crippen LogP contribution in [-0.2, 0) is 17.6 Å². The van der Waals surface area contributed by atoms with Crippen molar-refractivity contribution in [2.45, 2.75) is 40.0 Å². The number of benzene rings is 1. The first-order valence-corrected chi connectivity index (χ1v) is 10.6. The van der Waals surface area contributed by atoms with E-state index in [-0.39, 0.29) is 18.1 Å². The highest BCUT2D eigenvalue weighted by atomic mass is 32.1. The lowest BCUT2D eigenvalue weighted by Gasteiger charge is -2.33. The lowest BCUT2D eigenvalue weighted by Crippen LogP contribution is -2.26. The first kappa shape index (κ1) is 19.5. The number of rotatable bonds is 3. The minimum atomic E-state index is -0.245. The van der Waals surface area contributed by atoms with Gasteiger partial charge >= 0.3 is 0 Å². The SMILES string of the molecule is CC(C)(C)[C@H]1CCc2c(sc(NC(=O)/C=C/c3ccc4c(c3)OCO4)c2C#N)C1. The third-order valence-corrected chi connectivity index (χ3v) is 6.83. The van der Waals surface area contributed by atoms with Crippen LogP contribution in [0.5, 0.6) is 11.5 Å². The molecule has 29 heavy (non-hydrogen) atoms. The van der Waals surface area contributed by atoms with Gasteiger partial charge in [-0.15, -0.1) is 11.3 Å². The molecule has 5 nitrogen and oxygen atoms in total. The second-order valence-electron chi connectivity index (χ2n) is 8.56. The monoisotopic (exact) mass is 408 g/mol. The first-order chi connectivity index (χ1) is 13.8. The van der Waals surface area contributed by atoms with Gasteiger partial charge in [0.25, 0.3) is 0 Å². The Morgan fingerprint density at radius 1 is 1.31 bits per heavy atom. The molecule has 4 rings (SSSR count). The van der Waals surface area contributed by atoms with Crippen molar-refractivity contribution >= 4 is 28.3 Å². The van der Waals surface area contributed by atoms with E-state index >= 15 is 0 Å². The summed E-state index contributed by atoms with van der Waals surface area (Å²) in [4.78, 5) is 13.7. The Balaban J connectivity index is 1.49. The Hall–Kier alpha value is -2.78. The molecule has 2 heterocycles. The number of carbonyl (C=O) groups is 1. The molecule has 1 aliphatic heterocycles. The molecule has 0 bridgehead atoms. The molecule has 0 saturated heterocycles. The highest BCUT2D eigenvalue weighted by Gasteiger charge is 2.32. The van der Waals surface area contributed by atoms with Crippen LogP contribution in [0.1, 0.15) is 48.8 Å². The second kappa shape index (κ2) is 7.57. The normalized spacial score (nSPS) is 17.8. The van der Waals surface area contributed by atoms with Gasteiger partial charge in [-0.3, -0.25) is 4.79 Å². The summed E-state index contributed by atoms with van der Waals surface area (Å²) in [5.74, 6) is 1.74. The van der Waals surface area contributed by atoms with Gasteiger partial charge in [0.1, 0.15) is 11.1 Å². The lowest BCUT2D eigenvalue weighted by molar-refractivity contribution is -0.111. The second-order valence-corrected chi connectivity index (χ2v) is 9.67. The smallest absolute Gasteiger partial charge is 0.249 e. The third-order valence-electron chi connectivity index (χ3n) is 5.66. The topological polar surface area (TPSA) is 71.3 Å². The standard InChI is InChI=1S/C23H24N2O3S/c1-23(2,3)15-6-7-16-17(12-24)22(29-20(16)11-15)25-21(26)9-5-14-4-8-18-19(10-14)28-13-27-18/h4-5,8-10,15H,6-7,11,13H2,1-3H3,(H,25,26)/b9-5+/t15-/m0/s1. The van der Waals surface area contributed by atoms with Gasteiger partial charge in [-0.1, -0.05) is 26.8 Å². The van der Waals surface area contributed by atoms with E-state index < -0.39 is 0 Å². The van der Waals surface area contributed by atoms with Crippen LogP contribution in [-0.4, -0.2) is 12.7 Å². The average Bonchev–Trinajstić information content (AvgIpc) is 3.28. The van der Waals surface area contributed by atoms with Gasteiger partial charge in [-0.05, 0) is 59.9 Å². The quantitative estimate of drug-likeness (QED) is 0.713. The minimum Gasteiger partial charge on any atom is -0.454 e. The van der Waals surface area contributed by atoms with E-state index in [9.17, 15) is 10.1 Å². The number of hydrogen-bond donors (Lipinski definition) is 1. The molecule has 0 unspecified atom stereocenters. The van der Waals surface area contributed by atoms with Crippen molar-refractivity contribution in [3.8, 4) is 17.6 Å². The summed E-state index contributed by atoms with van der Waals surface area (Å²) in [6, 6.07) is 7.84. The number of anilines is 1. The van der Waals surface area contributed by atoms with Crippen LogP contribution in [0.3, 0.4) is 0 Å². The molecule has 0 fully saturated rings. The van der Waals surface area contributed by atoms with Gasteiger partial charge in [-0.2, -0.15) is 5.26 Å². The number of hydrogen-bond acceptors (Lipinski definition) is 5. The lowest BCUT2D eigenvalue weighted by atomic mass is 9.72. The van der Waals surface area contributed by atoms with Crippen molar-refractivity contribution in [1.29, 1.82) is 5.26 Å². The number of carbonyl (C=O) groups excluding carboxylic acids is 1. The van der Waals surface area contributed by atoms with Crippen LogP contribution < -0.4 is 14.8 Å². The molecule has 150 valence electrons. The fourth-order valence-electron chi connectivity index (χ4n) is 3.87. The van der Waals surface area contributed by atoms with E-state index in [2.05, 4.69) is 32.2 Å². The van der Waals surface area contributed by atoms with Crippen molar-refractivity contribution in [1.82, 2.24) is 0 Å². The van der Waals surface area contributed by atoms with Crippen LogP contribution >= 0.6 is 11.3 Å². The van der Waals surface area contributed by atoms with E-state index in [1.54, 1.807) is 17.4 Å². The fourth-order valence-corrected chi connectivity index (χ4v) is 5.15. The molecule has 1 aromatic carbocycles. The number of thiophene rings is 1. The number of nitrogens with zero attached hydrogens (tertiary/aromatic N) is 1. The van der Waals surface area contributed by atoms with Crippen LogP contribution in [0.2, 0.25) is 0 Å². The zero-order valence-electron chi connectivity index (χ0n) is 16.9. The molecular weight excluding hydrogens is 384 g/mol. The summed E-state index contributed by atoms with van der Waals surface area (Å²) >= 11 is 1.55. The Morgan fingerprint density at radius 2 is 2.10 bits per heavy atom. The molecule has 1 aliphatic carbocycles. The van der Waals surface area contributed by atoms with Gasteiger partial charge in [0.15, 0.2) is 11.5 Å². The number of ether oxygens (including phenoxy) is 2. The largest absolute Gasteiger partial charge is 0.454 e. The molecule has 1 aromatic heterocycles. The van der Waals surface area contributed by atoms with Gasteiger partial charge in [-0.25, -0.2) is 0 Å². The maximum atomic E-state index is 12.5. The Labute approximate surface area is 175 Å². The zero-order chi connectivity index (χ0) is 20.6. The summed E-state index contributed by atoms with van der Waals surface area (Å²) in [6.45, 7) is 7.03. The summed E-state index contributed by atoms with van der Waals surface area (Å²) in [5.41, 5.74) is 2.84. The summed E-state index contributed by atoms with van der Waals surface area (Å²) < 4.78 is 10.7. The van der Waals surface area contributed by atoms with Crippen LogP contribution in [0.25, 0.3) is 6.08 Å². The van der Waals surface area contributed by atoms with Crippen molar-refractivity contribution in [2.24, 2.45) is 11.3 Å². The van der Waals surface area contributed by atoms with E-state index in [0.29, 0.717) is 28.0 Å². The van der Waals surface area contributed by atoms with Gasteiger partial charge < -0.3 is 14.8 Å². The zero-order valence-corrected chi connectivity index (χ0v) is 17.7. The summed E-state index contributed by atoms with van der Waals surface area (Å²) in [5, 5.41) is 13.2. The molecule has 2 aliphatic rings. The number of nitrogens with one attached hydrogen (secondary N) is 1. The molecule has 0 radical (unpaired) electrons. The third kappa shape index (κ3) is 4.01. The first-order valence-electron chi connectivity index (χ1n) is 9.78. The minimum absolute atomic E-state index is 0.221. The molecular formula is C23H24N2O3S. The fraction of sp³-hybridized carbons (Fsp3) is 0.391. The number of nitriles is 1. The van der Waals surface area contributed by atoms with E-state index in [0.717, 1.165) is 30.4 Å². The van der Waals surface area contributed by atoms with Gasteiger partial charge in [0.05, 0.1) is 5.56 Å².